The average Bonchev–Trinajstić information content (AvgIpc) is 2.68. The molecule has 5 heteroatoms. The summed E-state index contributed by atoms with van der Waals surface area (Å²) in [6.45, 7) is 1.84. The molecule has 0 bridgehead atoms. The van der Waals surface area contributed by atoms with Gasteiger partial charge in [-0.25, -0.2) is 0 Å². The Morgan fingerprint density at radius 3 is 2.31 bits per heavy atom. The average molecular weight is 373 g/mol. The van der Waals surface area contributed by atoms with Crippen LogP contribution in [-0.2, 0) is 4.79 Å². The van der Waals surface area contributed by atoms with Crippen LogP contribution in [0.15, 0.2) is 54.6 Å². The SMILES string of the molecule is Cl.O=C(CCC(=O)c1ccc(-c2ccccc2)cc1)NC1CCCNC1. The van der Waals surface area contributed by atoms with Gasteiger partial charge in [-0.05, 0) is 30.5 Å². The zero-order valence-electron chi connectivity index (χ0n) is 14.7. The van der Waals surface area contributed by atoms with E-state index >= 15 is 0 Å². The van der Waals surface area contributed by atoms with E-state index in [1.54, 1.807) is 0 Å². The zero-order chi connectivity index (χ0) is 17.5. The maximum Gasteiger partial charge on any atom is 0.220 e. The summed E-state index contributed by atoms with van der Waals surface area (Å²) in [5.74, 6) is -0.0283. The van der Waals surface area contributed by atoms with Crippen molar-refractivity contribution < 1.29 is 9.59 Å². The largest absolute Gasteiger partial charge is 0.352 e. The Bertz CT molecular complexity index is 711. The third-order valence-electron chi connectivity index (χ3n) is 4.56. The van der Waals surface area contributed by atoms with E-state index in [0.29, 0.717) is 5.56 Å². The summed E-state index contributed by atoms with van der Waals surface area (Å²) >= 11 is 0. The van der Waals surface area contributed by atoms with Gasteiger partial charge in [0.1, 0.15) is 0 Å². The molecule has 1 amide bonds. The molecule has 2 aromatic carbocycles. The first-order valence-corrected chi connectivity index (χ1v) is 8.91. The number of hydrogen-bond acceptors (Lipinski definition) is 3. The van der Waals surface area contributed by atoms with Crippen LogP contribution in [0, 0.1) is 0 Å². The van der Waals surface area contributed by atoms with Crippen LogP contribution in [0.2, 0.25) is 0 Å². The van der Waals surface area contributed by atoms with Gasteiger partial charge in [-0.2, -0.15) is 0 Å². The quantitative estimate of drug-likeness (QED) is 0.761. The Hall–Kier alpha value is -2.17. The lowest BCUT2D eigenvalue weighted by Crippen LogP contribution is -2.45. The molecule has 0 aromatic heterocycles. The lowest BCUT2D eigenvalue weighted by atomic mass is 10.0. The summed E-state index contributed by atoms with van der Waals surface area (Å²) in [7, 11) is 0. The number of rotatable bonds is 6. The molecule has 1 fully saturated rings. The molecule has 1 aliphatic rings. The summed E-state index contributed by atoms with van der Waals surface area (Å²) in [6.07, 6.45) is 2.58. The van der Waals surface area contributed by atoms with Crippen LogP contribution in [-0.4, -0.2) is 30.8 Å². The van der Waals surface area contributed by atoms with Gasteiger partial charge in [0.05, 0.1) is 0 Å². The second-order valence-electron chi connectivity index (χ2n) is 6.48. The fourth-order valence-corrected chi connectivity index (χ4v) is 3.13. The summed E-state index contributed by atoms with van der Waals surface area (Å²) in [4.78, 5) is 24.3. The van der Waals surface area contributed by atoms with Crippen LogP contribution in [0.3, 0.4) is 0 Å². The van der Waals surface area contributed by atoms with Crippen molar-refractivity contribution in [3.05, 3.63) is 60.2 Å². The van der Waals surface area contributed by atoms with Crippen molar-refractivity contribution in [2.45, 2.75) is 31.7 Å². The normalized spacial score (nSPS) is 16.4. The van der Waals surface area contributed by atoms with E-state index in [4.69, 9.17) is 0 Å². The second kappa shape index (κ2) is 10.1. The number of carbonyl (C=O) groups is 2. The summed E-state index contributed by atoms with van der Waals surface area (Å²) < 4.78 is 0. The second-order valence-corrected chi connectivity index (χ2v) is 6.48. The van der Waals surface area contributed by atoms with Crippen molar-refractivity contribution in [3.63, 3.8) is 0 Å². The molecule has 0 spiro atoms. The van der Waals surface area contributed by atoms with Gasteiger partial charge in [-0.15, -0.1) is 12.4 Å². The molecule has 0 saturated carbocycles. The number of piperidine rings is 1. The number of carbonyl (C=O) groups excluding carboxylic acids is 2. The first kappa shape index (κ1) is 20.1. The van der Waals surface area contributed by atoms with Crippen molar-refractivity contribution in [2.24, 2.45) is 0 Å². The summed E-state index contributed by atoms with van der Waals surface area (Å²) in [6, 6.07) is 17.8. The lowest BCUT2D eigenvalue weighted by Gasteiger charge is -2.23. The van der Waals surface area contributed by atoms with Gasteiger partial charge >= 0.3 is 0 Å². The van der Waals surface area contributed by atoms with Crippen LogP contribution in [0.1, 0.15) is 36.0 Å². The molecule has 1 saturated heterocycles. The topological polar surface area (TPSA) is 58.2 Å². The predicted molar refractivity (Wildman–Crippen MR) is 107 cm³/mol. The molecular formula is C21H25ClN2O2. The first-order valence-electron chi connectivity index (χ1n) is 8.91. The molecule has 2 N–H and O–H groups in total. The Balaban J connectivity index is 0.00000243. The molecule has 1 unspecified atom stereocenters. The molecular weight excluding hydrogens is 348 g/mol. The summed E-state index contributed by atoms with van der Waals surface area (Å²) in [5.41, 5.74) is 2.87. The van der Waals surface area contributed by atoms with E-state index in [2.05, 4.69) is 10.6 Å². The molecule has 26 heavy (non-hydrogen) atoms. The third kappa shape index (κ3) is 5.68. The van der Waals surface area contributed by atoms with Gasteiger partial charge < -0.3 is 10.6 Å². The number of nitrogens with one attached hydrogen (secondary N) is 2. The Kier molecular flexibility index (Phi) is 7.82. The Morgan fingerprint density at radius 1 is 0.962 bits per heavy atom. The maximum atomic E-state index is 12.3. The molecule has 0 aliphatic carbocycles. The monoisotopic (exact) mass is 372 g/mol. The number of benzene rings is 2. The van der Waals surface area contributed by atoms with E-state index < -0.39 is 0 Å². The molecule has 1 heterocycles. The minimum atomic E-state index is -0.0389. The van der Waals surface area contributed by atoms with Gasteiger partial charge in [0, 0.05) is 31.0 Å². The molecule has 2 aromatic rings. The maximum absolute atomic E-state index is 12.3. The number of Topliss-reactive ketones (excluding diaryl/α,β-unsaturated/α-hetero) is 1. The van der Waals surface area contributed by atoms with Crippen molar-refractivity contribution in [1.82, 2.24) is 10.6 Å². The summed E-state index contributed by atoms with van der Waals surface area (Å²) in [5, 5.41) is 6.27. The number of halogens is 1. The van der Waals surface area contributed by atoms with E-state index in [0.717, 1.165) is 37.1 Å². The predicted octanol–water partition coefficient (Wildman–Crippen LogP) is 3.61. The van der Waals surface area contributed by atoms with Gasteiger partial charge in [0.2, 0.25) is 5.91 Å². The highest BCUT2D eigenvalue weighted by Gasteiger charge is 2.16. The molecule has 4 nitrogen and oxygen atoms in total. The number of amides is 1. The van der Waals surface area contributed by atoms with Crippen LogP contribution in [0.25, 0.3) is 11.1 Å². The van der Waals surface area contributed by atoms with Crippen molar-refractivity contribution in [2.75, 3.05) is 13.1 Å². The minimum absolute atomic E-state index is 0. The minimum Gasteiger partial charge on any atom is -0.352 e. The van der Waals surface area contributed by atoms with Crippen LogP contribution in [0.4, 0.5) is 0 Å². The lowest BCUT2D eigenvalue weighted by molar-refractivity contribution is -0.121. The number of hydrogen-bond donors (Lipinski definition) is 2. The van der Waals surface area contributed by atoms with Gasteiger partial charge in [-0.1, -0.05) is 54.6 Å². The highest BCUT2D eigenvalue weighted by atomic mass is 35.5. The van der Waals surface area contributed by atoms with Crippen molar-refractivity contribution in [1.29, 1.82) is 0 Å². The molecule has 1 aliphatic heterocycles. The third-order valence-corrected chi connectivity index (χ3v) is 4.56. The molecule has 1 atom stereocenters. The Morgan fingerprint density at radius 2 is 1.65 bits per heavy atom. The van der Waals surface area contributed by atoms with Crippen LogP contribution < -0.4 is 10.6 Å². The standard InChI is InChI=1S/C21H24N2O2.ClH/c24-20(12-13-21(25)23-19-7-4-14-22-15-19)18-10-8-17(9-11-18)16-5-2-1-3-6-16;/h1-3,5-6,8-11,19,22H,4,7,12-15H2,(H,23,25);1H. The first-order chi connectivity index (χ1) is 12.2. The highest BCUT2D eigenvalue weighted by molar-refractivity contribution is 5.98. The van der Waals surface area contributed by atoms with Gasteiger partial charge in [0.25, 0.3) is 0 Å². The van der Waals surface area contributed by atoms with Crippen LogP contribution in [0.5, 0.6) is 0 Å². The fourth-order valence-electron chi connectivity index (χ4n) is 3.13. The smallest absolute Gasteiger partial charge is 0.220 e. The van der Waals surface area contributed by atoms with Crippen LogP contribution >= 0.6 is 12.4 Å². The van der Waals surface area contributed by atoms with E-state index in [1.165, 1.54) is 0 Å². The zero-order valence-corrected chi connectivity index (χ0v) is 15.6. The van der Waals surface area contributed by atoms with E-state index in [1.807, 2.05) is 54.6 Å². The van der Waals surface area contributed by atoms with Crippen molar-refractivity contribution in [3.8, 4) is 11.1 Å². The van der Waals surface area contributed by atoms with Gasteiger partial charge in [0.15, 0.2) is 5.78 Å². The van der Waals surface area contributed by atoms with E-state index in [-0.39, 0.29) is 43.0 Å². The van der Waals surface area contributed by atoms with Gasteiger partial charge in [-0.3, -0.25) is 9.59 Å². The van der Waals surface area contributed by atoms with Crippen molar-refractivity contribution >= 4 is 24.1 Å². The number of ketones is 1. The van der Waals surface area contributed by atoms with E-state index in [9.17, 15) is 9.59 Å². The Labute approximate surface area is 160 Å². The highest BCUT2D eigenvalue weighted by Crippen LogP contribution is 2.20. The molecule has 3 rings (SSSR count). The molecule has 0 radical (unpaired) electrons. The fraction of sp³-hybridized carbons (Fsp3) is 0.333. The molecule has 138 valence electrons.